The highest BCUT2D eigenvalue weighted by Crippen LogP contribution is 2.27. The van der Waals surface area contributed by atoms with Gasteiger partial charge >= 0.3 is 0 Å². The van der Waals surface area contributed by atoms with Gasteiger partial charge in [0.05, 0.1) is 6.61 Å². The van der Waals surface area contributed by atoms with Crippen molar-refractivity contribution >= 4 is 33.2 Å². The number of rotatable bonds is 5. The molecule has 2 aromatic carbocycles. The molecule has 0 amide bonds. The highest BCUT2D eigenvalue weighted by Gasteiger charge is 2.07. The monoisotopic (exact) mass is 353 g/mol. The number of halogens is 2. The van der Waals surface area contributed by atoms with Crippen LogP contribution < -0.4 is 5.32 Å². The van der Waals surface area contributed by atoms with Crippen LogP contribution in [0.25, 0.3) is 0 Å². The fraction of sp³-hybridized carbons (Fsp3) is 0.250. The van der Waals surface area contributed by atoms with E-state index in [2.05, 4.69) is 33.4 Å². The van der Waals surface area contributed by atoms with Gasteiger partial charge in [-0.1, -0.05) is 45.7 Å². The number of anilines is 1. The van der Waals surface area contributed by atoms with Gasteiger partial charge in [0.1, 0.15) is 0 Å². The number of hydrogen-bond donors (Lipinski definition) is 1. The zero-order valence-corrected chi connectivity index (χ0v) is 13.9. The van der Waals surface area contributed by atoms with Crippen molar-refractivity contribution in [3.8, 4) is 0 Å². The van der Waals surface area contributed by atoms with Crippen molar-refractivity contribution in [2.45, 2.75) is 20.1 Å². The Morgan fingerprint density at radius 2 is 2.05 bits per heavy atom. The molecule has 0 aliphatic heterocycles. The first-order valence-electron chi connectivity index (χ1n) is 6.37. The minimum absolute atomic E-state index is 0.561. The van der Waals surface area contributed by atoms with E-state index in [0.29, 0.717) is 13.2 Å². The van der Waals surface area contributed by atoms with E-state index in [-0.39, 0.29) is 0 Å². The van der Waals surface area contributed by atoms with Crippen molar-refractivity contribution in [2.24, 2.45) is 0 Å². The van der Waals surface area contributed by atoms with E-state index in [1.165, 1.54) is 5.56 Å². The predicted molar refractivity (Wildman–Crippen MR) is 88.4 cm³/mol. The summed E-state index contributed by atoms with van der Waals surface area (Å²) in [6.07, 6.45) is 0. The van der Waals surface area contributed by atoms with Crippen LogP contribution in [0.15, 0.2) is 40.9 Å². The van der Waals surface area contributed by atoms with E-state index in [1.54, 1.807) is 7.11 Å². The standard InChI is InChI=1S/C16H17BrClNO/c1-11-6-7-12(15(18)8-11)9-19-16-5-3-4-14(17)13(16)10-20-2/h3-8,19H,9-10H2,1-2H3. The number of nitrogens with one attached hydrogen (secondary N) is 1. The summed E-state index contributed by atoms with van der Waals surface area (Å²) in [5.74, 6) is 0. The lowest BCUT2D eigenvalue weighted by Gasteiger charge is -2.14. The molecular weight excluding hydrogens is 338 g/mol. The van der Waals surface area contributed by atoms with Crippen LogP contribution in [0.2, 0.25) is 5.02 Å². The summed E-state index contributed by atoms with van der Waals surface area (Å²) in [6, 6.07) is 12.2. The van der Waals surface area contributed by atoms with Crippen LogP contribution in [-0.4, -0.2) is 7.11 Å². The van der Waals surface area contributed by atoms with Gasteiger partial charge in [0.25, 0.3) is 0 Å². The predicted octanol–water partition coefficient (Wildman–Crippen LogP) is 5.17. The molecule has 0 saturated heterocycles. The second-order valence-electron chi connectivity index (χ2n) is 4.65. The Kier molecular flexibility index (Phi) is 5.46. The Balaban J connectivity index is 2.16. The Morgan fingerprint density at radius 1 is 1.25 bits per heavy atom. The van der Waals surface area contributed by atoms with Gasteiger partial charge in [-0.25, -0.2) is 0 Å². The van der Waals surface area contributed by atoms with Gasteiger partial charge < -0.3 is 10.1 Å². The van der Waals surface area contributed by atoms with Crippen molar-refractivity contribution in [3.05, 3.63) is 62.6 Å². The summed E-state index contributed by atoms with van der Waals surface area (Å²) in [6.45, 7) is 3.28. The maximum Gasteiger partial charge on any atom is 0.0744 e. The molecule has 0 radical (unpaired) electrons. The molecule has 20 heavy (non-hydrogen) atoms. The second kappa shape index (κ2) is 7.11. The largest absolute Gasteiger partial charge is 0.381 e. The van der Waals surface area contributed by atoms with E-state index in [0.717, 1.165) is 26.3 Å². The highest BCUT2D eigenvalue weighted by molar-refractivity contribution is 9.10. The molecule has 4 heteroatoms. The summed E-state index contributed by atoms with van der Waals surface area (Å²) in [5, 5.41) is 4.21. The van der Waals surface area contributed by atoms with Gasteiger partial charge in [0.15, 0.2) is 0 Å². The summed E-state index contributed by atoms with van der Waals surface area (Å²) in [4.78, 5) is 0. The molecule has 0 aliphatic carbocycles. The van der Waals surface area contributed by atoms with Crippen LogP contribution in [0.1, 0.15) is 16.7 Å². The van der Waals surface area contributed by atoms with Crippen LogP contribution in [0, 0.1) is 6.92 Å². The molecule has 106 valence electrons. The molecule has 0 atom stereocenters. The topological polar surface area (TPSA) is 21.3 Å². The molecule has 0 unspecified atom stereocenters. The summed E-state index contributed by atoms with van der Waals surface area (Å²) in [5.41, 5.74) is 4.41. The lowest BCUT2D eigenvalue weighted by Crippen LogP contribution is -2.04. The molecule has 2 aromatic rings. The zero-order valence-electron chi connectivity index (χ0n) is 11.5. The molecule has 0 aromatic heterocycles. The van der Waals surface area contributed by atoms with Gasteiger partial charge in [-0.05, 0) is 36.2 Å². The van der Waals surface area contributed by atoms with E-state index < -0.39 is 0 Å². The first-order valence-corrected chi connectivity index (χ1v) is 7.54. The third-order valence-corrected chi connectivity index (χ3v) is 4.18. The summed E-state index contributed by atoms with van der Waals surface area (Å²) >= 11 is 9.81. The Bertz CT molecular complexity index is 601. The fourth-order valence-electron chi connectivity index (χ4n) is 2.00. The first-order chi connectivity index (χ1) is 9.61. The van der Waals surface area contributed by atoms with E-state index in [9.17, 15) is 0 Å². The Labute approximate surface area is 133 Å². The second-order valence-corrected chi connectivity index (χ2v) is 5.91. The maximum atomic E-state index is 6.25. The Morgan fingerprint density at radius 3 is 2.75 bits per heavy atom. The third-order valence-electron chi connectivity index (χ3n) is 3.09. The van der Waals surface area contributed by atoms with E-state index >= 15 is 0 Å². The normalized spacial score (nSPS) is 10.6. The molecule has 0 spiro atoms. The van der Waals surface area contributed by atoms with Gasteiger partial charge in [-0.2, -0.15) is 0 Å². The van der Waals surface area contributed by atoms with Crippen molar-refractivity contribution in [1.29, 1.82) is 0 Å². The number of hydrogen-bond acceptors (Lipinski definition) is 2. The van der Waals surface area contributed by atoms with Gasteiger partial charge in [-0.3, -0.25) is 0 Å². The number of methoxy groups -OCH3 is 1. The lowest BCUT2D eigenvalue weighted by atomic mass is 10.1. The number of benzene rings is 2. The minimum atomic E-state index is 0.561. The van der Waals surface area contributed by atoms with Crippen LogP contribution >= 0.6 is 27.5 Å². The third kappa shape index (κ3) is 3.75. The number of aryl methyl sites for hydroxylation is 1. The first kappa shape index (κ1) is 15.4. The lowest BCUT2D eigenvalue weighted by molar-refractivity contribution is 0.185. The zero-order chi connectivity index (χ0) is 14.5. The molecule has 0 saturated carbocycles. The Hall–Kier alpha value is -1.03. The highest BCUT2D eigenvalue weighted by atomic mass is 79.9. The van der Waals surface area contributed by atoms with Crippen LogP contribution in [0.3, 0.4) is 0 Å². The van der Waals surface area contributed by atoms with Gasteiger partial charge in [0.2, 0.25) is 0 Å². The van der Waals surface area contributed by atoms with Crippen molar-refractivity contribution in [1.82, 2.24) is 0 Å². The average Bonchev–Trinajstić information content (AvgIpc) is 2.41. The minimum Gasteiger partial charge on any atom is -0.381 e. The van der Waals surface area contributed by atoms with Gasteiger partial charge in [-0.15, -0.1) is 0 Å². The van der Waals surface area contributed by atoms with Crippen LogP contribution in [-0.2, 0) is 17.9 Å². The number of ether oxygens (including phenoxy) is 1. The molecule has 0 bridgehead atoms. The summed E-state index contributed by atoms with van der Waals surface area (Å²) in [7, 11) is 1.69. The molecular formula is C16H17BrClNO. The van der Waals surface area contributed by atoms with E-state index in [4.69, 9.17) is 16.3 Å². The molecule has 0 fully saturated rings. The molecule has 2 rings (SSSR count). The fourth-order valence-corrected chi connectivity index (χ4v) is 2.78. The van der Waals surface area contributed by atoms with Crippen molar-refractivity contribution < 1.29 is 4.74 Å². The van der Waals surface area contributed by atoms with Crippen LogP contribution in [0.5, 0.6) is 0 Å². The quantitative estimate of drug-likeness (QED) is 0.800. The van der Waals surface area contributed by atoms with Crippen molar-refractivity contribution in [2.75, 3.05) is 12.4 Å². The molecule has 0 aliphatic rings. The summed E-state index contributed by atoms with van der Waals surface area (Å²) < 4.78 is 6.29. The SMILES string of the molecule is COCc1c(Br)cccc1NCc1ccc(C)cc1Cl. The average molecular weight is 355 g/mol. The smallest absolute Gasteiger partial charge is 0.0744 e. The molecule has 0 heterocycles. The maximum absolute atomic E-state index is 6.25. The van der Waals surface area contributed by atoms with Gasteiger partial charge in [0, 0.05) is 34.4 Å². The van der Waals surface area contributed by atoms with E-state index in [1.807, 2.05) is 31.2 Å². The van der Waals surface area contributed by atoms with Crippen LogP contribution in [0.4, 0.5) is 5.69 Å². The molecule has 2 nitrogen and oxygen atoms in total. The van der Waals surface area contributed by atoms with Crippen molar-refractivity contribution in [3.63, 3.8) is 0 Å². The molecule has 1 N–H and O–H groups in total.